The van der Waals surface area contributed by atoms with Gasteiger partial charge in [0.15, 0.2) is 0 Å². The maximum Gasteiger partial charge on any atom is 0.138 e. The van der Waals surface area contributed by atoms with Gasteiger partial charge in [0.05, 0.1) is 18.2 Å². The van der Waals surface area contributed by atoms with Crippen molar-refractivity contribution in [3.63, 3.8) is 0 Å². The number of hydrogen-bond donors (Lipinski definition) is 1. The van der Waals surface area contributed by atoms with Gasteiger partial charge in [-0.25, -0.2) is 0 Å². The van der Waals surface area contributed by atoms with Gasteiger partial charge in [-0.1, -0.05) is 23.2 Å². The number of hydrogen-bond acceptors (Lipinski definition) is 4. The zero-order valence-electron chi connectivity index (χ0n) is 12.6. The molecular weight excluding hydrogens is 313 g/mol. The lowest BCUT2D eigenvalue weighted by molar-refractivity contribution is 0.0794. The summed E-state index contributed by atoms with van der Waals surface area (Å²) < 4.78 is 10.8. The lowest BCUT2D eigenvalue weighted by Gasteiger charge is -2.23. The molecule has 0 heterocycles. The van der Waals surface area contributed by atoms with Gasteiger partial charge in [0.1, 0.15) is 5.75 Å². The van der Waals surface area contributed by atoms with Gasteiger partial charge < -0.3 is 14.6 Å². The molecule has 1 rings (SSSR count). The summed E-state index contributed by atoms with van der Waals surface area (Å²) in [6, 6.07) is 3.27. The van der Waals surface area contributed by atoms with E-state index in [-0.39, 0.29) is 10.8 Å². The lowest BCUT2D eigenvalue weighted by Crippen LogP contribution is -2.30. The van der Waals surface area contributed by atoms with E-state index in [1.54, 1.807) is 6.07 Å². The summed E-state index contributed by atoms with van der Waals surface area (Å²) in [5, 5.41) is 10.8. The van der Waals surface area contributed by atoms with Crippen LogP contribution >= 0.6 is 23.2 Å². The second kappa shape index (κ2) is 10.2. The largest absolute Gasteiger partial charge is 0.506 e. The van der Waals surface area contributed by atoms with E-state index in [1.165, 1.54) is 6.07 Å². The predicted molar refractivity (Wildman–Crippen MR) is 86.4 cm³/mol. The third kappa shape index (κ3) is 6.85. The number of benzene rings is 1. The predicted octanol–water partition coefficient (Wildman–Crippen LogP) is 3.57. The highest BCUT2D eigenvalue weighted by molar-refractivity contribution is 6.35. The SMILES string of the molecule is CCOCCN(CCOCC)Cc1cc(Cl)cc(Cl)c1O. The van der Waals surface area contributed by atoms with Gasteiger partial charge in [0, 0.05) is 43.4 Å². The molecule has 0 unspecified atom stereocenters. The van der Waals surface area contributed by atoms with Crippen LogP contribution in [-0.4, -0.2) is 49.5 Å². The van der Waals surface area contributed by atoms with Crippen molar-refractivity contribution in [3.8, 4) is 5.75 Å². The molecule has 21 heavy (non-hydrogen) atoms. The molecule has 0 fully saturated rings. The van der Waals surface area contributed by atoms with Crippen molar-refractivity contribution in [2.75, 3.05) is 39.5 Å². The Morgan fingerprint density at radius 2 is 1.62 bits per heavy atom. The van der Waals surface area contributed by atoms with Crippen LogP contribution in [0.15, 0.2) is 12.1 Å². The van der Waals surface area contributed by atoms with E-state index >= 15 is 0 Å². The third-order valence-electron chi connectivity index (χ3n) is 3.01. The smallest absolute Gasteiger partial charge is 0.138 e. The molecule has 4 nitrogen and oxygen atoms in total. The third-order valence-corrected chi connectivity index (χ3v) is 3.52. The van der Waals surface area contributed by atoms with Crippen molar-refractivity contribution in [1.82, 2.24) is 4.90 Å². The maximum atomic E-state index is 10.0. The Balaban J connectivity index is 2.69. The number of rotatable bonds is 10. The number of phenols is 1. The Labute approximate surface area is 136 Å². The van der Waals surface area contributed by atoms with E-state index in [4.69, 9.17) is 32.7 Å². The van der Waals surface area contributed by atoms with E-state index in [9.17, 15) is 5.11 Å². The minimum Gasteiger partial charge on any atom is -0.506 e. The molecule has 0 atom stereocenters. The van der Waals surface area contributed by atoms with Crippen molar-refractivity contribution in [2.24, 2.45) is 0 Å². The highest BCUT2D eigenvalue weighted by atomic mass is 35.5. The van der Waals surface area contributed by atoms with Crippen molar-refractivity contribution in [3.05, 3.63) is 27.7 Å². The van der Waals surface area contributed by atoms with Gasteiger partial charge in [-0.3, -0.25) is 4.90 Å². The average molecular weight is 336 g/mol. The second-order valence-corrected chi connectivity index (χ2v) is 5.41. The Morgan fingerprint density at radius 3 is 2.14 bits per heavy atom. The summed E-state index contributed by atoms with van der Waals surface area (Å²) in [4.78, 5) is 2.15. The first-order chi connectivity index (χ1) is 10.1. The molecule has 0 radical (unpaired) electrons. The molecule has 0 aliphatic carbocycles. The minimum atomic E-state index is 0.0823. The number of phenolic OH excluding ortho intramolecular Hbond substituents is 1. The summed E-state index contributed by atoms with van der Waals surface area (Å²) in [5.41, 5.74) is 0.709. The van der Waals surface area contributed by atoms with Crippen LogP contribution in [0.25, 0.3) is 0 Å². The molecule has 0 aliphatic rings. The second-order valence-electron chi connectivity index (χ2n) is 4.57. The van der Waals surface area contributed by atoms with Gasteiger partial charge >= 0.3 is 0 Å². The Bertz CT molecular complexity index is 420. The molecule has 6 heteroatoms. The van der Waals surface area contributed by atoms with Crippen LogP contribution in [0.1, 0.15) is 19.4 Å². The maximum absolute atomic E-state index is 10.0. The zero-order chi connectivity index (χ0) is 15.7. The minimum absolute atomic E-state index is 0.0823. The van der Waals surface area contributed by atoms with Gasteiger partial charge in [0.25, 0.3) is 0 Å². The molecule has 0 aliphatic heterocycles. The normalized spacial score (nSPS) is 11.3. The quantitative estimate of drug-likeness (QED) is 0.663. The molecule has 120 valence electrons. The molecule has 0 aromatic heterocycles. The number of halogens is 2. The summed E-state index contributed by atoms with van der Waals surface area (Å²) in [6.07, 6.45) is 0. The molecule has 0 saturated heterocycles. The Morgan fingerprint density at radius 1 is 1.05 bits per heavy atom. The molecular formula is C15H23Cl2NO3. The molecule has 0 bridgehead atoms. The molecule has 1 N–H and O–H groups in total. The topological polar surface area (TPSA) is 41.9 Å². The van der Waals surface area contributed by atoms with Crippen LogP contribution < -0.4 is 0 Å². The van der Waals surface area contributed by atoms with E-state index in [0.29, 0.717) is 43.6 Å². The summed E-state index contributed by atoms with van der Waals surface area (Å²) in [5.74, 6) is 0.0823. The average Bonchev–Trinajstić information content (AvgIpc) is 2.44. The van der Waals surface area contributed by atoms with Crippen LogP contribution in [0.4, 0.5) is 0 Å². The van der Waals surface area contributed by atoms with Crippen LogP contribution in [0.2, 0.25) is 10.0 Å². The number of aromatic hydroxyl groups is 1. The van der Waals surface area contributed by atoms with Crippen molar-refractivity contribution >= 4 is 23.2 Å². The van der Waals surface area contributed by atoms with Crippen LogP contribution in [0.3, 0.4) is 0 Å². The highest BCUT2D eigenvalue weighted by Gasteiger charge is 2.12. The monoisotopic (exact) mass is 335 g/mol. The van der Waals surface area contributed by atoms with Gasteiger partial charge in [-0.15, -0.1) is 0 Å². The first-order valence-corrected chi connectivity index (χ1v) is 7.88. The lowest BCUT2D eigenvalue weighted by atomic mass is 10.2. The Hall–Kier alpha value is -0.520. The highest BCUT2D eigenvalue weighted by Crippen LogP contribution is 2.31. The fraction of sp³-hybridized carbons (Fsp3) is 0.600. The molecule has 0 saturated carbocycles. The van der Waals surface area contributed by atoms with E-state index in [2.05, 4.69) is 4.90 Å². The summed E-state index contributed by atoms with van der Waals surface area (Å²) >= 11 is 11.9. The van der Waals surface area contributed by atoms with Crippen LogP contribution in [0, 0.1) is 0 Å². The van der Waals surface area contributed by atoms with E-state index in [0.717, 1.165) is 13.1 Å². The molecule has 0 amide bonds. The standard InChI is InChI=1S/C15H23Cl2NO3/c1-3-20-7-5-18(6-8-21-4-2)11-12-9-13(16)10-14(17)15(12)19/h9-10,19H,3-8,11H2,1-2H3. The van der Waals surface area contributed by atoms with Crippen molar-refractivity contribution in [2.45, 2.75) is 20.4 Å². The summed E-state index contributed by atoms with van der Waals surface area (Å²) in [6.45, 7) is 8.64. The summed E-state index contributed by atoms with van der Waals surface area (Å²) in [7, 11) is 0. The van der Waals surface area contributed by atoms with Gasteiger partial charge in [-0.05, 0) is 26.0 Å². The fourth-order valence-corrected chi connectivity index (χ4v) is 2.46. The molecule has 0 spiro atoms. The van der Waals surface area contributed by atoms with Crippen molar-refractivity contribution < 1.29 is 14.6 Å². The fourth-order valence-electron chi connectivity index (χ4n) is 1.93. The molecule has 1 aromatic rings. The zero-order valence-corrected chi connectivity index (χ0v) is 14.1. The number of ether oxygens (including phenoxy) is 2. The van der Waals surface area contributed by atoms with Crippen LogP contribution in [0.5, 0.6) is 5.75 Å². The van der Waals surface area contributed by atoms with E-state index in [1.807, 2.05) is 13.8 Å². The first kappa shape index (κ1) is 18.5. The Kier molecular flexibility index (Phi) is 9.04. The van der Waals surface area contributed by atoms with Crippen LogP contribution in [-0.2, 0) is 16.0 Å². The van der Waals surface area contributed by atoms with Gasteiger partial charge in [0.2, 0.25) is 0 Å². The van der Waals surface area contributed by atoms with E-state index < -0.39 is 0 Å². The van der Waals surface area contributed by atoms with Crippen molar-refractivity contribution in [1.29, 1.82) is 0 Å². The first-order valence-electron chi connectivity index (χ1n) is 7.13. The van der Waals surface area contributed by atoms with Gasteiger partial charge in [-0.2, -0.15) is 0 Å². The molecule has 1 aromatic carbocycles. The number of nitrogens with zero attached hydrogens (tertiary/aromatic N) is 1.